The van der Waals surface area contributed by atoms with E-state index in [2.05, 4.69) is 45.2 Å². The number of aromatic nitrogens is 3. The Morgan fingerprint density at radius 1 is 1.31 bits per heavy atom. The average molecular weight is 177 g/mol. The summed E-state index contributed by atoms with van der Waals surface area (Å²) in [6.45, 7) is 4.81. The van der Waals surface area contributed by atoms with Crippen LogP contribution < -0.4 is 0 Å². The van der Waals surface area contributed by atoms with Gasteiger partial charge in [0.15, 0.2) is 5.82 Å². The molecule has 0 aliphatic heterocycles. The van der Waals surface area contributed by atoms with Crippen LogP contribution in [0.1, 0.15) is 17.2 Å². The van der Waals surface area contributed by atoms with Gasteiger partial charge in [0.05, 0.1) is 6.54 Å². The first kappa shape index (κ1) is 8.04. The number of aryl methyl sites for hydroxylation is 2. The molecule has 2 rings (SSSR count). The maximum atomic E-state index is 4.67. The first-order valence-corrected chi connectivity index (χ1v) is 4.15. The minimum absolute atomic E-state index is 0.682. The molecule has 0 unspecified atom stereocenters. The fourth-order valence-corrected chi connectivity index (χ4v) is 1.35. The Morgan fingerprint density at radius 3 is 2.54 bits per heavy atom. The van der Waals surface area contributed by atoms with Crippen molar-refractivity contribution in [3.63, 3.8) is 0 Å². The molecule has 0 aromatic carbocycles. The molecule has 0 N–H and O–H groups in total. The van der Waals surface area contributed by atoms with Gasteiger partial charge in [-0.2, -0.15) is 4.98 Å². The molecule has 0 atom stereocenters. The third-order valence-corrected chi connectivity index (χ3v) is 2.12. The maximum Gasteiger partial charge on any atom is 0.213 e. The van der Waals surface area contributed by atoms with E-state index in [1.54, 1.807) is 0 Å². The number of rotatable bonds is 2. The Kier molecular flexibility index (Phi) is 1.88. The van der Waals surface area contributed by atoms with Crippen molar-refractivity contribution in [3.8, 4) is 0 Å². The van der Waals surface area contributed by atoms with E-state index in [1.807, 2.05) is 0 Å². The van der Waals surface area contributed by atoms with E-state index < -0.39 is 0 Å². The van der Waals surface area contributed by atoms with Crippen LogP contribution in [0, 0.1) is 13.8 Å². The second-order valence-corrected chi connectivity index (χ2v) is 3.05. The zero-order valence-electron chi connectivity index (χ0n) is 7.69. The SMILES string of the molecule is Cc1ccc(C)n1Cc1ncon1. The standard InChI is InChI=1S/C9H11N3O/c1-7-3-4-8(2)12(7)5-9-10-6-13-11-9/h3-4,6H,5H2,1-2H3. The average Bonchev–Trinajstić information content (AvgIpc) is 2.70. The molecule has 0 spiro atoms. The third kappa shape index (κ3) is 1.47. The van der Waals surface area contributed by atoms with Gasteiger partial charge in [-0.15, -0.1) is 0 Å². The Bertz CT molecular complexity index is 369. The molecule has 2 heterocycles. The van der Waals surface area contributed by atoms with Crippen molar-refractivity contribution in [2.75, 3.05) is 0 Å². The summed E-state index contributed by atoms with van der Waals surface area (Å²) >= 11 is 0. The Balaban J connectivity index is 2.27. The van der Waals surface area contributed by atoms with E-state index >= 15 is 0 Å². The predicted octanol–water partition coefficient (Wildman–Crippen LogP) is 1.54. The molecule has 0 aliphatic rings. The van der Waals surface area contributed by atoms with Crippen molar-refractivity contribution >= 4 is 0 Å². The van der Waals surface area contributed by atoms with Gasteiger partial charge in [-0.25, -0.2) is 0 Å². The van der Waals surface area contributed by atoms with Gasteiger partial charge in [-0.05, 0) is 26.0 Å². The zero-order chi connectivity index (χ0) is 9.26. The van der Waals surface area contributed by atoms with Crippen molar-refractivity contribution < 1.29 is 4.52 Å². The fourth-order valence-electron chi connectivity index (χ4n) is 1.35. The highest BCUT2D eigenvalue weighted by atomic mass is 16.5. The molecule has 0 aliphatic carbocycles. The summed E-state index contributed by atoms with van der Waals surface area (Å²) in [5, 5.41) is 3.77. The monoisotopic (exact) mass is 177 g/mol. The summed E-state index contributed by atoms with van der Waals surface area (Å²) in [6.07, 6.45) is 1.35. The van der Waals surface area contributed by atoms with Crippen LogP contribution >= 0.6 is 0 Å². The van der Waals surface area contributed by atoms with E-state index in [0.717, 1.165) is 0 Å². The fraction of sp³-hybridized carbons (Fsp3) is 0.333. The van der Waals surface area contributed by atoms with Crippen LogP contribution in [0.2, 0.25) is 0 Å². The van der Waals surface area contributed by atoms with E-state index in [-0.39, 0.29) is 0 Å². The zero-order valence-corrected chi connectivity index (χ0v) is 7.69. The van der Waals surface area contributed by atoms with E-state index in [0.29, 0.717) is 12.4 Å². The van der Waals surface area contributed by atoms with E-state index in [1.165, 1.54) is 17.8 Å². The van der Waals surface area contributed by atoms with Crippen LogP contribution in [0.3, 0.4) is 0 Å². The highest BCUT2D eigenvalue weighted by Crippen LogP contribution is 2.08. The minimum Gasteiger partial charge on any atom is -0.343 e. The molecular formula is C9H11N3O. The first-order valence-electron chi connectivity index (χ1n) is 4.15. The normalized spacial score (nSPS) is 10.6. The van der Waals surface area contributed by atoms with Crippen LogP contribution in [0.4, 0.5) is 0 Å². The second kappa shape index (κ2) is 3.05. The van der Waals surface area contributed by atoms with Crippen LogP contribution in [0.5, 0.6) is 0 Å². The summed E-state index contributed by atoms with van der Waals surface area (Å²) in [5.41, 5.74) is 2.42. The van der Waals surface area contributed by atoms with Crippen LogP contribution in [0.25, 0.3) is 0 Å². The highest BCUT2D eigenvalue weighted by molar-refractivity contribution is 5.14. The Morgan fingerprint density at radius 2 is 2.00 bits per heavy atom. The lowest BCUT2D eigenvalue weighted by atomic mass is 10.5. The molecule has 0 bridgehead atoms. The summed E-state index contributed by atoms with van der Waals surface area (Å²) in [6, 6.07) is 4.16. The molecule has 2 aromatic heterocycles. The second-order valence-electron chi connectivity index (χ2n) is 3.05. The highest BCUT2D eigenvalue weighted by Gasteiger charge is 2.04. The minimum atomic E-state index is 0.682. The smallest absolute Gasteiger partial charge is 0.213 e. The maximum absolute atomic E-state index is 4.67. The summed E-state index contributed by atoms with van der Waals surface area (Å²) in [5.74, 6) is 0.711. The molecule has 0 saturated heterocycles. The molecule has 2 aromatic rings. The predicted molar refractivity (Wildman–Crippen MR) is 47.3 cm³/mol. The molecule has 0 fully saturated rings. The van der Waals surface area contributed by atoms with Gasteiger partial charge in [0.25, 0.3) is 0 Å². The molecule has 0 radical (unpaired) electrons. The topological polar surface area (TPSA) is 43.9 Å². The third-order valence-electron chi connectivity index (χ3n) is 2.12. The van der Waals surface area contributed by atoms with Crippen molar-refractivity contribution in [2.24, 2.45) is 0 Å². The summed E-state index contributed by atoms with van der Waals surface area (Å²) in [7, 11) is 0. The van der Waals surface area contributed by atoms with Crippen LogP contribution in [-0.4, -0.2) is 14.7 Å². The van der Waals surface area contributed by atoms with Gasteiger partial charge >= 0.3 is 0 Å². The van der Waals surface area contributed by atoms with E-state index in [4.69, 9.17) is 0 Å². The quantitative estimate of drug-likeness (QED) is 0.698. The molecule has 0 amide bonds. The Labute approximate surface area is 76.2 Å². The summed E-state index contributed by atoms with van der Waals surface area (Å²) in [4.78, 5) is 3.97. The van der Waals surface area contributed by atoms with Crippen molar-refractivity contribution in [1.82, 2.24) is 14.7 Å². The van der Waals surface area contributed by atoms with Crippen molar-refractivity contribution in [3.05, 3.63) is 35.7 Å². The van der Waals surface area contributed by atoms with Crippen molar-refractivity contribution in [1.29, 1.82) is 0 Å². The Hall–Kier alpha value is -1.58. The molecule has 68 valence electrons. The number of nitrogens with zero attached hydrogens (tertiary/aromatic N) is 3. The lowest BCUT2D eigenvalue weighted by Gasteiger charge is -2.04. The lowest BCUT2D eigenvalue weighted by molar-refractivity contribution is 0.408. The van der Waals surface area contributed by atoms with Gasteiger partial charge in [-0.3, -0.25) is 0 Å². The largest absolute Gasteiger partial charge is 0.343 e. The van der Waals surface area contributed by atoms with Crippen LogP contribution in [-0.2, 0) is 6.54 Å². The van der Waals surface area contributed by atoms with Gasteiger partial charge in [-0.1, -0.05) is 5.16 Å². The number of hydrogen-bond acceptors (Lipinski definition) is 3. The molecular weight excluding hydrogens is 166 g/mol. The molecule has 4 nitrogen and oxygen atoms in total. The molecule has 13 heavy (non-hydrogen) atoms. The van der Waals surface area contributed by atoms with Crippen molar-refractivity contribution in [2.45, 2.75) is 20.4 Å². The number of hydrogen-bond donors (Lipinski definition) is 0. The lowest BCUT2D eigenvalue weighted by Crippen LogP contribution is -2.04. The van der Waals surface area contributed by atoms with E-state index in [9.17, 15) is 0 Å². The van der Waals surface area contributed by atoms with Gasteiger partial charge in [0, 0.05) is 11.4 Å². The van der Waals surface area contributed by atoms with Gasteiger partial charge in [0.2, 0.25) is 6.39 Å². The molecule has 4 heteroatoms. The van der Waals surface area contributed by atoms with Gasteiger partial charge in [0.1, 0.15) is 0 Å². The van der Waals surface area contributed by atoms with Crippen LogP contribution in [0.15, 0.2) is 23.0 Å². The molecule has 0 saturated carbocycles. The first-order chi connectivity index (χ1) is 6.27. The summed E-state index contributed by atoms with van der Waals surface area (Å²) < 4.78 is 6.81. The van der Waals surface area contributed by atoms with Gasteiger partial charge < -0.3 is 9.09 Å².